The van der Waals surface area contributed by atoms with Crippen LogP contribution in [0, 0.1) is 11.7 Å². The van der Waals surface area contributed by atoms with E-state index in [2.05, 4.69) is 19.2 Å². The van der Waals surface area contributed by atoms with Crippen LogP contribution in [0.3, 0.4) is 0 Å². The highest BCUT2D eigenvalue weighted by Gasteiger charge is 2.07. The number of nitrogens with one attached hydrogen (secondary N) is 1. The molecule has 90 valence electrons. The highest BCUT2D eigenvalue weighted by Crippen LogP contribution is 2.18. The van der Waals surface area contributed by atoms with Crippen molar-refractivity contribution in [3.63, 3.8) is 0 Å². The van der Waals surface area contributed by atoms with E-state index in [1.165, 1.54) is 6.07 Å². The van der Waals surface area contributed by atoms with E-state index in [0.29, 0.717) is 5.92 Å². The molecule has 0 spiro atoms. The molecule has 1 rings (SSSR count). The van der Waals surface area contributed by atoms with Gasteiger partial charge in [-0.3, -0.25) is 0 Å². The molecular weight excluding hydrogens is 203 g/mol. The highest BCUT2D eigenvalue weighted by atomic mass is 19.1. The Balaban J connectivity index is 2.52. The predicted molar refractivity (Wildman–Crippen MR) is 66.7 cm³/mol. The number of anilines is 1. The van der Waals surface area contributed by atoms with Crippen molar-refractivity contribution in [1.82, 2.24) is 5.32 Å². The molecule has 0 fully saturated rings. The van der Waals surface area contributed by atoms with Gasteiger partial charge in [-0.05, 0) is 43.5 Å². The van der Waals surface area contributed by atoms with Crippen molar-refractivity contribution in [1.29, 1.82) is 0 Å². The third-order valence-electron chi connectivity index (χ3n) is 2.70. The van der Waals surface area contributed by atoms with Crippen molar-refractivity contribution in [2.75, 3.05) is 12.3 Å². The molecule has 0 heterocycles. The van der Waals surface area contributed by atoms with Gasteiger partial charge >= 0.3 is 0 Å². The number of halogens is 1. The number of hydrogen-bond acceptors (Lipinski definition) is 2. The van der Waals surface area contributed by atoms with E-state index < -0.39 is 0 Å². The first-order valence-electron chi connectivity index (χ1n) is 5.79. The fourth-order valence-corrected chi connectivity index (χ4v) is 1.52. The van der Waals surface area contributed by atoms with Gasteiger partial charge in [0.15, 0.2) is 0 Å². The summed E-state index contributed by atoms with van der Waals surface area (Å²) in [6.07, 6.45) is 1.13. The fourth-order valence-electron chi connectivity index (χ4n) is 1.52. The van der Waals surface area contributed by atoms with Crippen molar-refractivity contribution in [3.05, 3.63) is 29.6 Å². The Kier molecular flexibility index (Phi) is 4.74. The van der Waals surface area contributed by atoms with Gasteiger partial charge in [0.25, 0.3) is 0 Å². The van der Waals surface area contributed by atoms with E-state index in [4.69, 9.17) is 5.73 Å². The summed E-state index contributed by atoms with van der Waals surface area (Å²) in [5.74, 6) is 0.345. The van der Waals surface area contributed by atoms with Gasteiger partial charge in [0.2, 0.25) is 0 Å². The van der Waals surface area contributed by atoms with Gasteiger partial charge in [0.05, 0.1) is 5.69 Å². The summed E-state index contributed by atoms with van der Waals surface area (Å²) in [5, 5.41) is 3.37. The summed E-state index contributed by atoms with van der Waals surface area (Å²) in [7, 11) is 0. The first-order chi connectivity index (χ1) is 7.50. The number of nitrogen functional groups attached to an aromatic ring is 1. The van der Waals surface area contributed by atoms with Gasteiger partial charge in [-0.2, -0.15) is 0 Å². The van der Waals surface area contributed by atoms with E-state index in [1.807, 2.05) is 13.0 Å². The number of rotatable bonds is 5. The normalized spacial score (nSPS) is 13.1. The second-order valence-corrected chi connectivity index (χ2v) is 4.64. The molecule has 1 aromatic carbocycles. The van der Waals surface area contributed by atoms with Crippen LogP contribution in [0.2, 0.25) is 0 Å². The Morgan fingerprint density at radius 3 is 2.56 bits per heavy atom. The SMILES string of the molecule is CC(C)CCN[C@@H](C)c1ccc(N)c(F)c1. The molecule has 0 bridgehead atoms. The number of benzene rings is 1. The predicted octanol–water partition coefficient (Wildman–Crippen LogP) is 3.10. The Morgan fingerprint density at radius 1 is 1.31 bits per heavy atom. The molecule has 2 nitrogen and oxygen atoms in total. The molecule has 0 saturated heterocycles. The van der Waals surface area contributed by atoms with Crippen molar-refractivity contribution in [3.8, 4) is 0 Å². The molecule has 0 aliphatic heterocycles. The van der Waals surface area contributed by atoms with Gasteiger partial charge < -0.3 is 11.1 Å². The van der Waals surface area contributed by atoms with Crippen LogP contribution in [-0.4, -0.2) is 6.54 Å². The number of nitrogens with two attached hydrogens (primary N) is 1. The maximum Gasteiger partial charge on any atom is 0.146 e. The van der Waals surface area contributed by atoms with Crippen molar-refractivity contribution in [2.24, 2.45) is 5.92 Å². The molecule has 0 aromatic heterocycles. The standard InChI is InChI=1S/C13H21FN2/c1-9(2)6-7-16-10(3)11-4-5-13(15)12(14)8-11/h4-5,8-10,16H,6-7,15H2,1-3H3/t10-/m0/s1. The van der Waals surface area contributed by atoms with E-state index >= 15 is 0 Å². The smallest absolute Gasteiger partial charge is 0.146 e. The van der Waals surface area contributed by atoms with E-state index in [1.54, 1.807) is 6.07 Å². The Morgan fingerprint density at radius 2 is 2.00 bits per heavy atom. The maximum absolute atomic E-state index is 13.2. The third-order valence-corrected chi connectivity index (χ3v) is 2.70. The maximum atomic E-state index is 13.2. The second kappa shape index (κ2) is 5.85. The summed E-state index contributed by atoms with van der Waals surface area (Å²) < 4.78 is 13.2. The summed E-state index contributed by atoms with van der Waals surface area (Å²) >= 11 is 0. The minimum absolute atomic E-state index is 0.161. The van der Waals surface area contributed by atoms with Crippen LogP contribution in [0.5, 0.6) is 0 Å². The van der Waals surface area contributed by atoms with Crippen molar-refractivity contribution >= 4 is 5.69 Å². The van der Waals surface area contributed by atoms with Crippen LogP contribution in [0.25, 0.3) is 0 Å². The lowest BCUT2D eigenvalue weighted by molar-refractivity contribution is 0.495. The van der Waals surface area contributed by atoms with Crippen LogP contribution in [0.15, 0.2) is 18.2 Å². The summed E-state index contributed by atoms with van der Waals surface area (Å²) in [6, 6.07) is 5.15. The van der Waals surface area contributed by atoms with E-state index in [-0.39, 0.29) is 17.5 Å². The summed E-state index contributed by atoms with van der Waals surface area (Å²) in [5.41, 5.74) is 6.58. The van der Waals surface area contributed by atoms with Gasteiger partial charge in [-0.25, -0.2) is 4.39 Å². The van der Waals surface area contributed by atoms with Crippen LogP contribution in [-0.2, 0) is 0 Å². The van der Waals surface area contributed by atoms with Crippen LogP contribution in [0.4, 0.5) is 10.1 Å². The molecule has 0 amide bonds. The zero-order valence-electron chi connectivity index (χ0n) is 10.3. The molecule has 0 radical (unpaired) electrons. The molecule has 0 unspecified atom stereocenters. The lowest BCUT2D eigenvalue weighted by atomic mass is 10.1. The lowest BCUT2D eigenvalue weighted by Crippen LogP contribution is -2.21. The monoisotopic (exact) mass is 224 g/mol. The van der Waals surface area contributed by atoms with Gasteiger partial charge in [0, 0.05) is 6.04 Å². The van der Waals surface area contributed by atoms with E-state index in [9.17, 15) is 4.39 Å². The molecule has 16 heavy (non-hydrogen) atoms. The fraction of sp³-hybridized carbons (Fsp3) is 0.538. The molecule has 3 heteroatoms. The molecular formula is C13H21FN2. The topological polar surface area (TPSA) is 38.0 Å². The first-order valence-corrected chi connectivity index (χ1v) is 5.79. The molecule has 3 N–H and O–H groups in total. The zero-order valence-corrected chi connectivity index (χ0v) is 10.3. The Bertz CT molecular complexity index is 337. The molecule has 0 aliphatic rings. The molecule has 1 atom stereocenters. The molecule has 0 saturated carbocycles. The van der Waals surface area contributed by atoms with Gasteiger partial charge in [0.1, 0.15) is 5.82 Å². The van der Waals surface area contributed by atoms with Gasteiger partial charge in [-0.15, -0.1) is 0 Å². The third kappa shape index (κ3) is 3.81. The molecule has 1 aromatic rings. The largest absolute Gasteiger partial charge is 0.396 e. The minimum atomic E-state index is -0.338. The second-order valence-electron chi connectivity index (χ2n) is 4.64. The van der Waals surface area contributed by atoms with Crippen LogP contribution in [0.1, 0.15) is 38.8 Å². The van der Waals surface area contributed by atoms with Crippen molar-refractivity contribution in [2.45, 2.75) is 33.2 Å². The van der Waals surface area contributed by atoms with E-state index in [0.717, 1.165) is 18.5 Å². The zero-order chi connectivity index (χ0) is 12.1. The van der Waals surface area contributed by atoms with Crippen LogP contribution >= 0.6 is 0 Å². The Hall–Kier alpha value is -1.09. The minimum Gasteiger partial charge on any atom is -0.396 e. The van der Waals surface area contributed by atoms with Crippen LogP contribution < -0.4 is 11.1 Å². The van der Waals surface area contributed by atoms with Gasteiger partial charge in [-0.1, -0.05) is 19.9 Å². The lowest BCUT2D eigenvalue weighted by Gasteiger charge is -2.15. The quantitative estimate of drug-likeness (QED) is 0.754. The summed E-state index contributed by atoms with van der Waals surface area (Å²) in [6.45, 7) is 7.36. The van der Waals surface area contributed by atoms with Crippen molar-refractivity contribution < 1.29 is 4.39 Å². The number of hydrogen-bond donors (Lipinski definition) is 2. The average molecular weight is 224 g/mol. The Labute approximate surface area is 97.0 Å². The summed E-state index contributed by atoms with van der Waals surface area (Å²) in [4.78, 5) is 0. The molecule has 0 aliphatic carbocycles. The highest BCUT2D eigenvalue weighted by molar-refractivity contribution is 5.41. The first kappa shape index (κ1) is 13.0. The average Bonchev–Trinajstić information content (AvgIpc) is 2.21.